The number of pyridine rings is 1. The predicted molar refractivity (Wildman–Crippen MR) is 149 cm³/mol. The molecule has 0 spiro atoms. The van der Waals surface area contributed by atoms with Gasteiger partial charge in [-0.05, 0) is 62.1 Å². The van der Waals surface area contributed by atoms with Gasteiger partial charge in [-0.2, -0.15) is 10.2 Å². The minimum atomic E-state index is -0.889. The quantitative estimate of drug-likeness (QED) is 0.277. The molecule has 5 aromatic rings. The molecular weight excluding hydrogens is 538 g/mol. The number of H-pyrrole nitrogens is 1. The van der Waals surface area contributed by atoms with Crippen LogP contribution in [0.2, 0.25) is 5.02 Å². The number of hydrogen-bond donors (Lipinski definition) is 3. The SMILES string of the molecule is Cn1nc(N)c2c(Cl)ccc(-c3ccc(C#CC(C)(C)n4cn[nH]c4=O)nc3[C@@H](N)Cc3cc(F)cc(F)c3)c21. The van der Waals surface area contributed by atoms with Crippen molar-refractivity contribution in [3.63, 3.8) is 0 Å². The number of aromatic nitrogens is 6. The summed E-state index contributed by atoms with van der Waals surface area (Å²) in [5, 5.41) is 11.5. The van der Waals surface area contributed by atoms with Crippen LogP contribution in [0.4, 0.5) is 14.6 Å². The Morgan fingerprint density at radius 1 is 1.12 bits per heavy atom. The van der Waals surface area contributed by atoms with Crippen LogP contribution in [0.3, 0.4) is 0 Å². The lowest BCUT2D eigenvalue weighted by molar-refractivity contribution is 0.459. The standard InChI is InChI=1S/C28H25ClF2N8O/c1-28(2,39-14-34-36-27(39)40)9-8-18-4-5-19(20-6-7-21(29)23-25(20)38(3)37-26(23)33)24(35-18)22(32)12-15-10-16(30)13-17(31)11-15/h4-7,10-11,13-14,22H,12,32H2,1-3H3,(H2,33,37)(H,36,40)/t22-/m0/s1. The van der Waals surface area contributed by atoms with E-state index in [0.717, 1.165) is 11.6 Å². The van der Waals surface area contributed by atoms with Crippen LogP contribution in [0.25, 0.3) is 22.0 Å². The molecule has 3 aromatic heterocycles. The Bertz CT molecular complexity index is 1860. The number of nitrogen functional groups attached to an aromatic ring is 1. The van der Waals surface area contributed by atoms with Gasteiger partial charge in [-0.25, -0.2) is 23.7 Å². The number of fused-ring (bicyclic) bond motifs is 1. The van der Waals surface area contributed by atoms with Crippen LogP contribution in [0.15, 0.2) is 53.6 Å². The molecule has 0 bridgehead atoms. The molecular formula is C28H25ClF2N8O. The Morgan fingerprint density at radius 2 is 1.82 bits per heavy atom. The molecule has 0 aliphatic rings. The van der Waals surface area contributed by atoms with Gasteiger partial charge in [0.25, 0.3) is 0 Å². The Kier molecular flexibility index (Phi) is 6.91. The number of halogens is 3. The van der Waals surface area contributed by atoms with Gasteiger partial charge in [-0.1, -0.05) is 23.6 Å². The van der Waals surface area contributed by atoms with Crippen molar-refractivity contribution in [1.82, 2.24) is 29.5 Å². The van der Waals surface area contributed by atoms with E-state index in [1.54, 1.807) is 37.7 Å². The molecule has 0 radical (unpaired) electrons. The van der Waals surface area contributed by atoms with Crippen LogP contribution in [-0.4, -0.2) is 29.5 Å². The van der Waals surface area contributed by atoms with Crippen molar-refractivity contribution < 1.29 is 8.78 Å². The molecule has 0 aliphatic heterocycles. The minimum absolute atomic E-state index is 0.103. The van der Waals surface area contributed by atoms with Gasteiger partial charge in [0.15, 0.2) is 5.82 Å². The van der Waals surface area contributed by atoms with E-state index in [-0.39, 0.29) is 12.2 Å². The third-order valence-corrected chi connectivity index (χ3v) is 6.87. The molecule has 1 atom stereocenters. The maximum absolute atomic E-state index is 13.9. The van der Waals surface area contributed by atoms with E-state index in [1.807, 2.05) is 12.1 Å². The van der Waals surface area contributed by atoms with E-state index in [2.05, 4.69) is 27.1 Å². The Balaban J connectivity index is 1.65. The number of nitrogens with two attached hydrogens (primary N) is 2. The summed E-state index contributed by atoms with van der Waals surface area (Å²) in [4.78, 5) is 16.8. The van der Waals surface area contributed by atoms with Gasteiger partial charge in [-0.15, -0.1) is 0 Å². The highest BCUT2D eigenvalue weighted by Gasteiger charge is 2.22. The van der Waals surface area contributed by atoms with Gasteiger partial charge in [0, 0.05) is 24.2 Å². The van der Waals surface area contributed by atoms with Crippen LogP contribution in [-0.2, 0) is 19.0 Å². The topological polar surface area (TPSA) is 133 Å². The third-order valence-electron chi connectivity index (χ3n) is 6.56. The van der Waals surface area contributed by atoms with E-state index >= 15 is 0 Å². The van der Waals surface area contributed by atoms with Crippen LogP contribution >= 0.6 is 11.6 Å². The largest absolute Gasteiger partial charge is 0.382 e. The average molecular weight is 563 g/mol. The van der Waals surface area contributed by atoms with Gasteiger partial charge >= 0.3 is 5.69 Å². The molecule has 0 amide bonds. The minimum Gasteiger partial charge on any atom is -0.382 e. The molecule has 40 heavy (non-hydrogen) atoms. The number of hydrogen-bond acceptors (Lipinski definition) is 6. The lowest BCUT2D eigenvalue weighted by atomic mass is 9.94. The lowest BCUT2D eigenvalue weighted by Gasteiger charge is -2.18. The number of anilines is 1. The van der Waals surface area contributed by atoms with Crippen molar-refractivity contribution in [3.05, 3.63) is 92.9 Å². The maximum Gasteiger partial charge on any atom is 0.344 e. The maximum atomic E-state index is 13.9. The van der Waals surface area contributed by atoms with E-state index in [1.165, 1.54) is 23.0 Å². The average Bonchev–Trinajstić information content (AvgIpc) is 3.45. The fraction of sp³-hybridized carbons (Fsp3) is 0.214. The zero-order chi connectivity index (χ0) is 28.8. The molecule has 0 aliphatic carbocycles. The number of nitrogens with zero attached hydrogens (tertiary/aromatic N) is 5. The first-order valence-electron chi connectivity index (χ1n) is 12.2. The van der Waals surface area contributed by atoms with Crippen LogP contribution in [0.1, 0.15) is 36.8 Å². The summed E-state index contributed by atoms with van der Waals surface area (Å²) in [6.45, 7) is 3.54. The Labute approximate surface area is 232 Å². The number of benzene rings is 2. The van der Waals surface area contributed by atoms with Crippen LogP contribution < -0.4 is 17.2 Å². The van der Waals surface area contributed by atoms with Crippen molar-refractivity contribution in [1.29, 1.82) is 0 Å². The van der Waals surface area contributed by atoms with Gasteiger partial charge < -0.3 is 11.5 Å². The van der Waals surface area contributed by atoms with E-state index in [9.17, 15) is 13.6 Å². The summed E-state index contributed by atoms with van der Waals surface area (Å²) in [5.74, 6) is 4.96. The molecule has 0 fully saturated rings. The van der Waals surface area contributed by atoms with Gasteiger partial charge in [0.05, 0.1) is 27.7 Å². The number of aryl methyl sites for hydroxylation is 1. The summed E-state index contributed by atoms with van der Waals surface area (Å²) in [7, 11) is 1.75. The molecule has 2 aromatic carbocycles. The Morgan fingerprint density at radius 3 is 2.50 bits per heavy atom. The normalized spacial score (nSPS) is 12.4. The number of nitrogens with one attached hydrogen (secondary N) is 1. The summed E-state index contributed by atoms with van der Waals surface area (Å²) in [6, 6.07) is 9.60. The lowest BCUT2D eigenvalue weighted by Crippen LogP contribution is -2.33. The van der Waals surface area contributed by atoms with Crippen LogP contribution in [0, 0.1) is 23.5 Å². The van der Waals surface area contributed by atoms with Crippen molar-refractivity contribution in [2.45, 2.75) is 31.8 Å². The molecule has 5 N–H and O–H groups in total. The van der Waals surface area contributed by atoms with E-state index in [4.69, 9.17) is 28.1 Å². The van der Waals surface area contributed by atoms with Crippen molar-refractivity contribution in [2.24, 2.45) is 12.8 Å². The molecule has 0 unspecified atom stereocenters. The first kappa shape index (κ1) is 27.1. The molecule has 3 heterocycles. The number of aromatic amines is 1. The zero-order valence-electron chi connectivity index (χ0n) is 21.8. The molecule has 0 saturated heterocycles. The first-order valence-corrected chi connectivity index (χ1v) is 12.6. The monoisotopic (exact) mass is 562 g/mol. The van der Waals surface area contributed by atoms with Crippen LogP contribution in [0.5, 0.6) is 0 Å². The fourth-order valence-corrected chi connectivity index (χ4v) is 4.93. The predicted octanol–water partition coefficient (Wildman–Crippen LogP) is 4.06. The van der Waals surface area contributed by atoms with Crippen molar-refractivity contribution in [2.75, 3.05) is 5.73 Å². The molecule has 204 valence electrons. The highest BCUT2D eigenvalue weighted by Crippen LogP contribution is 2.38. The fourth-order valence-electron chi connectivity index (χ4n) is 4.68. The highest BCUT2D eigenvalue weighted by atomic mass is 35.5. The summed E-state index contributed by atoms with van der Waals surface area (Å²) in [6.07, 6.45) is 1.48. The van der Waals surface area contributed by atoms with Gasteiger partial charge in [0.1, 0.15) is 29.2 Å². The molecule has 9 nitrogen and oxygen atoms in total. The Hall–Kier alpha value is -4.53. The number of rotatable bonds is 5. The van der Waals surface area contributed by atoms with Gasteiger partial charge in [0.2, 0.25) is 0 Å². The zero-order valence-corrected chi connectivity index (χ0v) is 22.6. The molecule has 12 heteroatoms. The second-order valence-corrected chi connectivity index (χ2v) is 10.3. The van der Waals surface area contributed by atoms with Crippen molar-refractivity contribution in [3.8, 4) is 23.0 Å². The second-order valence-electron chi connectivity index (χ2n) is 9.89. The second kappa shape index (κ2) is 10.2. The van der Waals surface area contributed by atoms with E-state index in [0.29, 0.717) is 38.4 Å². The third kappa shape index (κ3) is 5.06. The molecule has 0 saturated carbocycles. The van der Waals surface area contributed by atoms with Gasteiger partial charge in [-0.3, -0.25) is 9.25 Å². The summed E-state index contributed by atoms with van der Waals surface area (Å²) < 4.78 is 30.9. The summed E-state index contributed by atoms with van der Waals surface area (Å²) >= 11 is 6.44. The highest BCUT2D eigenvalue weighted by molar-refractivity contribution is 6.37. The smallest absolute Gasteiger partial charge is 0.344 e. The first-order chi connectivity index (χ1) is 18.9. The van der Waals surface area contributed by atoms with E-state index < -0.39 is 28.9 Å². The van der Waals surface area contributed by atoms with Crippen molar-refractivity contribution >= 4 is 28.3 Å². The summed E-state index contributed by atoms with van der Waals surface area (Å²) in [5.41, 5.74) is 14.8. The molecule has 5 rings (SSSR count).